The molecule has 0 saturated carbocycles. The van der Waals surface area contributed by atoms with Crippen molar-refractivity contribution in [3.8, 4) is 0 Å². The molecule has 0 aromatic heterocycles. The van der Waals surface area contributed by atoms with Gasteiger partial charge in [-0.3, -0.25) is 4.79 Å². The Morgan fingerprint density at radius 1 is 1.21 bits per heavy atom. The van der Waals surface area contributed by atoms with E-state index in [9.17, 15) is 4.79 Å². The zero-order valence-corrected chi connectivity index (χ0v) is 11.0. The largest absolute Gasteiger partial charge is 0.294 e. The summed E-state index contributed by atoms with van der Waals surface area (Å²) in [7, 11) is 0. The van der Waals surface area contributed by atoms with Crippen molar-refractivity contribution in [3.63, 3.8) is 0 Å². The normalized spacial score (nSPS) is 9.29. The molecule has 80 valence electrons. The lowest BCUT2D eigenvalue weighted by Crippen LogP contribution is -1.91. The average Bonchev–Trinajstić information content (AvgIpc) is 2.20. The molecule has 0 atom stereocenters. The molecular weight excluding hydrogens is 287 g/mol. The molecule has 0 heterocycles. The Kier molecular flexibility index (Phi) is 10.9. The van der Waals surface area contributed by atoms with Crippen LogP contribution in [0.4, 0.5) is 0 Å². The summed E-state index contributed by atoms with van der Waals surface area (Å²) in [5, 5.41) is 0. The van der Waals surface area contributed by atoms with Crippen LogP contribution < -0.4 is 0 Å². The molecule has 0 aliphatic heterocycles. The summed E-state index contributed by atoms with van der Waals surface area (Å²) in [6.07, 6.45) is 9.63. The maximum atomic E-state index is 11.1. The molecule has 0 aromatic carbocycles. The first-order chi connectivity index (χ1) is 6.81. The van der Waals surface area contributed by atoms with Crippen molar-refractivity contribution in [1.82, 2.24) is 0 Å². The second-order valence-corrected chi connectivity index (χ2v) is 4.03. The molecule has 2 heteroatoms. The van der Waals surface area contributed by atoms with Gasteiger partial charge in [0.15, 0.2) is 5.78 Å². The second-order valence-electron chi connectivity index (χ2n) is 3.40. The van der Waals surface area contributed by atoms with E-state index in [1.165, 1.54) is 32.1 Å². The van der Waals surface area contributed by atoms with Crippen LogP contribution in [-0.4, -0.2) is 5.78 Å². The molecule has 0 amide bonds. The highest BCUT2D eigenvalue weighted by Crippen LogP contribution is 2.07. The van der Waals surface area contributed by atoms with Crippen LogP contribution in [0.3, 0.4) is 0 Å². The zero-order chi connectivity index (χ0) is 10.6. The van der Waals surface area contributed by atoms with Crippen molar-refractivity contribution in [1.29, 1.82) is 0 Å². The van der Waals surface area contributed by atoms with Gasteiger partial charge in [0.2, 0.25) is 0 Å². The number of carbonyl (C=O) groups excluding carboxylic acids is 1. The second kappa shape index (κ2) is 11.0. The van der Waals surface area contributed by atoms with Gasteiger partial charge in [-0.2, -0.15) is 0 Å². The third-order valence-corrected chi connectivity index (χ3v) is 2.44. The Morgan fingerprint density at radius 2 is 1.86 bits per heavy atom. The molecule has 0 rings (SSSR count). The van der Waals surface area contributed by atoms with Crippen molar-refractivity contribution in [2.45, 2.75) is 51.9 Å². The highest BCUT2D eigenvalue weighted by atomic mass is 127. The van der Waals surface area contributed by atoms with E-state index >= 15 is 0 Å². The fraction of sp³-hybridized carbons (Fsp3) is 0.667. The van der Waals surface area contributed by atoms with Crippen LogP contribution in [0.15, 0.2) is 15.9 Å². The zero-order valence-electron chi connectivity index (χ0n) is 8.89. The maximum Gasteiger partial charge on any atom is 0.163 e. The van der Waals surface area contributed by atoms with E-state index in [0.29, 0.717) is 6.42 Å². The number of unbranched alkanes of at least 4 members (excludes halogenated alkanes) is 5. The van der Waals surface area contributed by atoms with Crippen LogP contribution in [0.5, 0.6) is 0 Å². The predicted octanol–water partition coefficient (Wildman–Crippen LogP) is 4.41. The molecule has 0 unspecified atom stereocenters. The number of halogens is 1. The van der Waals surface area contributed by atoms with Crippen molar-refractivity contribution >= 4 is 28.4 Å². The molecule has 0 spiro atoms. The predicted molar refractivity (Wildman–Crippen MR) is 69.7 cm³/mol. The summed E-state index contributed by atoms with van der Waals surface area (Å²) in [4.78, 5) is 11.1. The Bertz CT molecular complexity index is 202. The quantitative estimate of drug-likeness (QED) is 0.281. The van der Waals surface area contributed by atoms with E-state index < -0.39 is 0 Å². The topological polar surface area (TPSA) is 17.1 Å². The SMILES string of the molecule is CCCCCCCCC(=O)C=C=CI. The van der Waals surface area contributed by atoms with Gasteiger partial charge < -0.3 is 0 Å². The van der Waals surface area contributed by atoms with Crippen LogP contribution >= 0.6 is 22.6 Å². The Balaban J connectivity index is 3.27. The first-order valence-corrected chi connectivity index (χ1v) is 6.59. The standard InChI is InChI=1S/C12H19IO/c1-2-3-4-5-6-7-9-12(14)10-8-11-13/h10-11H,2-7,9H2,1H3. The summed E-state index contributed by atoms with van der Waals surface area (Å²) in [6, 6.07) is 0. The Hall–Kier alpha value is -0.0800. The van der Waals surface area contributed by atoms with E-state index in [1.54, 1.807) is 10.2 Å². The minimum absolute atomic E-state index is 0.202. The van der Waals surface area contributed by atoms with Gasteiger partial charge >= 0.3 is 0 Å². The van der Waals surface area contributed by atoms with Crippen LogP contribution in [0.25, 0.3) is 0 Å². The van der Waals surface area contributed by atoms with Gasteiger partial charge in [0.1, 0.15) is 0 Å². The maximum absolute atomic E-state index is 11.1. The monoisotopic (exact) mass is 306 g/mol. The lowest BCUT2D eigenvalue weighted by Gasteiger charge is -1.97. The number of hydrogen-bond acceptors (Lipinski definition) is 1. The Labute approximate surface area is 101 Å². The minimum atomic E-state index is 0.202. The lowest BCUT2D eigenvalue weighted by molar-refractivity contribution is -0.114. The molecule has 1 nitrogen and oxygen atoms in total. The number of allylic oxidation sites excluding steroid dienone is 1. The highest BCUT2D eigenvalue weighted by molar-refractivity contribution is 14.1. The van der Waals surface area contributed by atoms with Gasteiger partial charge in [0.05, 0.1) is 0 Å². The lowest BCUT2D eigenvalue weighted by atomic mass is 10.1. The molecule has 0 fully saturated rings. The summed E-state index contributed by atoms with van der Waals surface area (Å²) in [5.41, 5.74) is 2.80. The third-order valence-electron chi connectivity index (χ3n) is 2.08. The van der Waals surface area contributed by atoms with E-state index in [-0.39, 0.29) is 5.78 Å². The molecular formula is C12H19IO. The van der Waals surface area contributed by atoms with E-state index in [1.807, 2.05) is 0 Å². The number of ketones is 1. The van der Waals surface area contributed by atoms with Crippen molar-refractivity contribution < 1.29 is 4.79 Å². The first kappa shape index (κ1) is 13.9. The molecule has 0 saturated heterocycles. The van der Waals surface area contributed by atoms with E-state index in [2.05, 4.69) is 35.2 Å². The van der Waals surface area contributed by atoms with Crippen LogP contribution in [-0.2, 0) is 4.79 Å². The molecule has 0 radical (unpaired) electrons. The fourth-order valence-corrected chi connectivity index (χ4v) is 1.46. The van der Waals surface area contributed by atoms with Gasteiger partial charge in [-0.25, -0.2) is 0 Å². The summed E-state index contributed by atoms with van der Waals surface area (Å²) in [5.74, 6) is 0.202. The smallest absolute Gasteiger partial charge is 0.163 e. The van der Waals surface area contributed by atoms with Crippen LogP contribution in [0.2, 0.25) is 0 Å². The molecule has 0 N–H and O–H groups in total. The average molecular weight is 306 g/mol. The van der Waals surface area contributed by atoms with E-state index in [0.717, 1.165) is 6.42 Å². The molecule has 0 aliphatic carbocycles. The van der Waals surface area contributed by atoms with E-state index in [4.69, 9.17) is 0 Å². The van der Waals surface area contributed by atoms with Gasteiger partial charge in [-0.1, -0.05) is 39.0 Å². The number of hydrogen-bond donors (Lipinski definition) is 0. The van der Waals surface area contributed by atoms with Crippen molar-refractivity contribution in [2.24, 2.45) is 0 Å². The summed E-state index contributed by atoms with van der Waals surface area (Å²) in [6.45, 7) is 2.21. The fourth-order valence-electron chi connectivity index (χ4n) is 1.28. The first-order valence-electron chi connectivity index (χ1n) is 5.35. The molecule has 0 aromatic rings. The van der Waals surface area contributed by atoms with Crippen molar-refractivity contribution in [3.05, 3.63) is 15.9 Å². The number of rotatable bonds is 8. The van der Waals surface area contributed by atoms with Gasteiger partial charge in [-0.05, 0) is 29.0 Å². The molecule has 0 aliphatic rings. The molecule has 0 bridgehead atoms. The molecule has 14 heavy (non-hydrogen) atoms. The highest BCUT2D eigenvalue weighted by Gasteiger charge is 1.95. The van der Waals surface area contributed by atoms with Gasteiger partial charge in [-0.15, -0.1) is 5.73 Å². The summed E-state index contributed by atoms with van der Waals surface area (Å²) < 4.78 is 1.73. The van der Waals surface area contributed by atoms with Crippen LogP contribution in [0.1, 0.15) is 51.9 Å². The Morgan fingerprint density at radius 3 is 2.50 bits per heavy atom. The van der Waals surface area contributed by atoms with Crippen molar-refractivity contribution in [2.75, 3.05) is 0 Å². The minimum Gasteiger partial charge on any atom is -0.294 e. The summed E-state index contributed by atoms with van der Waals surface area (Å²) >= 11 is 2.06. The van der Waals surface area contributed by atoms with Gasteiger partial charge in [0.25, 0.3) is 0 Å². The number of carbonyl (C=O) groups is 1. The third kappa shape index (κ3) is 10.0. The van der Waals surface area contributed by atoms with Gasteiger partial charge in [0, 0.05) is 16.6 Å². The van der Waals surface area contributed by atoms with Crippen LogP contribution in [0, 0.1) is 0 Å².